The lowest BCUT2D eigenvalue weighted by molar-refractivity contribution is -0.132. The number of thioether (sulfide) groups is 1. The van der Waals surface area contributed by atoms with Crippen molar-refractivity contribution in [2.75, 3.05) is 24.6 Å². The van der Waals surface area contributed by atoms with Crippen molar-refractivity contribution in [2.24, 2.45) is 0 Å². The number of amides is 2. The van der Waals surface area contributed by atoms with Gasteiger partial charge in [-0.05, 0) is 17.5 Å². The Kier molecular flexibility index (Phi) is 6.15. The third-order valence-corrected chi connectivity index (χ3v) is 5.64. The predicted molar refractivity (Wildman–Crippen MR) is 96.7 cm³/mol. The van der Waals surface area contributed by atoms with E-state index in [4.69, 9.17) is 0 Å². The van der Waals surface area contributed by atoms with E-state index in [-0.39, 0.29) is 17.9 Å². The Bertz CT molecular complexity index is 562. The molecule has 6 heteroatoms. The maximum Gasteiger partial charge on any atom is 0.223 e. The molecule has 0 bridgehead atoms. The molecular formula is C18H25N3O2S. The molecule has 0 saturated carbocycles. The van der Waals surface area contributed by atoms with Crippen molar-refractivity contribution in [3.63, 3.8) is 0 Å². The summed E-state index contributed by atoms with van der Waals surface area (Å²) in [5.74, 6) is 2.38. The molecule has 1 aromatic rings. The first-order valence-corrected chi connectivity index (χ1v) is 9.80. The highest BCUT2D eigenvalue weighted by molar-refractivity contribution is 7.99. The molecule has 2 aliphatic heterocycles. The van der Waals surface area contributed by atoms with Crippen LogP contribution >= 0.6 is 11.8 Å². The van der Waals surface area contributed by atoms with Gasteiger partial charge < -0.3 is 15.5 Å². The summed E-state index contributed by atoms with van der Waals surface area (Å²) in [6.45, 7) is 2.99. The zero-order valence-electron chi connectivity index (χ0n) is 13.9. The van der Waals surface area contributed by atoms with E-state index in [0.717, 1.165) is 18.1 Å². The molecule has 0 aromatic heterocycles. The Hall–Kier alpha value is -1.53. The molecule has 3 rings (SSSR count). The van der Waals surface area contributed by atoms with Gasteiger partial charge in [0.25, 0.3) is 0 Å². The molecule has 5 nitrogen and oxygen atoms in total. The van der Waals surface area contributed by atoms with Gasteiger partial charge in [0.05, 0.1) is 0 Å². The molecule has 2 N–H and O–H groups in total. The molecule has 0 radical (unpaired) electrons. The number of carbonyl (C=O) groups excluding carboxylic acids is 2. The van der Waals surface area contributed by atoms with Crippen LogP contribution in [0, 0.1) is 0 Å². The summed E-state index contributed by atoms with van der Waals surface area (Å²) >= 11 is 1.89. The van der Waals surface area contributed by atoms with E-state index >= 15 is 0 Å². The van der Waals surface area contributed by atoms with Gasteiger partial charge in [0, 0.05) is 56.6 Å². The van der Waals surface area contributed by atoms with Crippen LogP contribution in [-0.4, -0.2) is 47.4 Å². The molecular weight excluding hydrogens is 322 g/mol. The fraction of sp³-hybridized carbons (Fsp3) is 0.556. The zero-order chi connectivity index (χ0) is 16.8. The Morgan fingerprint density at radius 1 is 1.25 bits per heavy atom. The minimum absolute atomic E-state index is 0.0797. The molecule has 1 unspecified atom stereocenters. The quantitative estimate of drug-likeness (QED) is 0.766. The first kappa shape index (κ1) is 17.3. The smallest absolute Gasteiger partial charge is 0.223 e. The van der Waals surface area contributed by atoms with Gasteiger partial charge in [-0.3, -0.25) is 9.59 Å². The Labute approximate surface area is 147 Å². The molecule has 1 aromatic carbocycles. The number of benzene rings is 1. The topological polar surface area (TPSA) is 61.4 Å². The molecule has 1 atom stereocenters. The Morgan fingerprint density at radius 2 is 2.00 bits per heavy atom. The second-order valence-corrected chi connectivity index (χ2v) is 7.55. The van der Waals surface area contributed by atoms with Crippen LogP contribution in [0.1, 0.15) is 30.4 Å². The molecule has 0 aliphatic carbocycles. The lowest BCUT2D eigenvalue weighted by Crippen LogP contribution is -2.41. The second kappa shape index (κ2) is 8.53. The number of carbonyl (C=O) groups is 2. The normalized spacial score (nSPS) is 19.8. The largest absolute Gasteiger partial charge is 0.356 e. The summed E-state index contributed by atoms with van der Waals surface area (Å²) in [5.41, 5.74) is 2.49. The van der Waals surface area contributed by atoms with Crippen LogP contribution in [0.5, 0.6) is 0 Å². The minimum Gasteiger partial charge on any atom is -0.356 e. The summed E-state index contributed by atoms with van der Waals surface area (Å²) in [4.78, 5) is 26.1. The van der Waals surface area contributed by atoms with E-state index in [2.05, 4.69) is 22.8 Å². The maximum atomic E-state index is 12.3. The van der Waals surface area contributed by atoms with Gasteiger partial charge in [0.2, 0.25) is 11.8 Å². The third kappa shape index (κ3) is 4.74. The van der Waals surface area contributed by atoms with Crippen LogP contribution in [0.4, 0.5) is 0 Å². The van der Waals surface area contributed by atoms with Crippen molar-refractivity contribution in [1.29, 1.82) is 0 Å². The van der Waals surface area contributed by atoms with E-state index in [1.165, 1.54) is 11.1 Å². The Balaban J connectivity index is 1.31. The van der Waals surface area contributed by atoms with Crippen LogP contribution in [0.25, 0.3) is 0 Å². The highest BCUT2D eigenvalue weighted by Crippen LogP contribution is 2.22. The molecule has 1 saturated heterocycles. The average molecular weight is 347 g/mol. The van der Waals surface area contributed by atoms with Gasteiger partial charge in [-0.2, -0.15) is 11.8 Å². The third-order valence-electron chi connectivity index (χ3n) is 4.51. The highest BCUT2D eigenvalue weighted by Gasteiger charge is 2.22. The molecule has 24 heavy (non-hydrogen) atoms. The summed E-state index contributed by atoms with van der Waals surface area (Å²) < 4.78 is 0. The first-order valence-electron chi connectivity index (χ1n) is 8.65. The van der Waals surface area contributed by atoms with Crippen molar-refractivity contribution in [3.05, 3.63) is 35.4 Å². The number of nitrogens with one attached hydrogen (secondary N) is 2. The predicted octanol–water partition coefficient (Wildman–Crippen LogP) is 1.52. The molecule has 1 fully saturated rings. The van der Waals surface area contributed by atoms with Crippen molar-refractivity contribution in [2.45, 2.75) is 38.4 Å². The summed E-state index contributed by atoms with van der Waals surface area (Å²) in [6, 6.07) is 8.48. The lowest BCUT2D eigenvalue weighted by Gasteiger charge is -2.22. The van der Waals surface area contributed by atoms with Gasteiger partial charge >= 0.3 is 0 Å². The fourth-order valence-corrected chi connectivity index (χ4v) is 4.13. The summed E-state index contributed by atoms with van der Waals surface area (Å²) in [5, 5.41) is 6.30. The van der Waals surface area contributed by atoms with Crippen LogP contribution < -0.4 is 10.6 Å². The number of nitrogens with zero attached hydrogens (tertiary/aromatic N) is 1. The van der Waals surface area contributed by atoms with Gasteiger partial charge in [-0.25, -0.2) is 0 Å². The van der Waals surface area contributed by atoms with Crippen molar-refractivity contribution < 1.29 is 9.59 Å². The Morgan fingerprint density at radius 3 is 2.67 bits per heavy atom. The van der Waals surface area contributed by atoms with Gasteiger partial charge in [-0.1, -0.05) is 24.3 Å². The number of fused-ring (bicyclic) bond motifs is 1. The van der Waals surface area contributed by atoms with Gasteiger partial charge in [0.15, 0.2) is 0 Å². The van der Waals surface area contributed by atoms with E-state index in [1.54, 1.807) is 0 Å². The second-order valence-electron chi connectivity index (χ2n) is 6.40. The minimum atomic E-state index is 0.0797. The van der Waals surface area contributed by atoms with Crippen LogP contribution in [0.15, 0.2) is 24.3 Å². The fourth-order valence-electron chi connectivity index (χ4n) is 3.18. The van der Waals surface area contributed by atoms with Crippen LogP contribution in [-0.2, 0) is 22.7 Å². The number of hydrogen-bond donors (Lipinski definition) is 2. The standard InChI is InChI=1S/C18H25N3O2S/c22-17(10-16-13-24-9-8-19-16)20-7-3-6-18(23)21-11-14-4-1-2-5-15(14)12-21/h1-2,4-5,16,19H,3,6-13H2,(H,20,22). The molecule has 2 heterocycles. The van der Waals surface area contributed by atoms with E-state index in [1.807, 2.05) is 28.8 Å². The lowest BCUT2D eigenvalue weighted by atomic mass is 10.1. The van der Waals surface area contributed by atoms with Crippen molar-refractivity contribution >= 4 is 23.6 Å². The molecule has 0 spiro atoms. The molecule has 2 amide bonds. The number of hydrogen-bond acceptors (Lipinski definition) is 4. The molecule has 2 aliphatic rings. The van der Waals surface area contributed by atoms with Crippen molar-refractivity contribution in [1.82, 2.24) is 15.5 Å². The first-order chi connectivity index (χ1) is 11.7. The van der Waals surface area contributed by atoms with Crippen molar-refractivity contribution in [3.8, 4) is 0 Å². The number of rotatable bonds is 6. The molecule has 130 valence electrons. The van der Waals surface area contributed by atoms with E-state index in [0.29, 0.717) is 38.9 Å². The van der Waals surface area contributed by atoms with E-state index in [9.17, 15) is 9.59 Å². The summed E-state index contributed by atoms with van der Waals surface area (Å²) in [7, 11) is 0. The maximum absolute atomic E-state index is 12.3. The van der Waals surface area contributed by atoms with Gasteiger partial charge in [0.1, 0.15) is 0 Å². The average Bonchev–Trinajstić information content (AvgIpc) is 3.04. The van der Waals surface area contributed by atoms with Gasteiger partial charge in [-0.15, -0.1) is 0 Å². The zero-order valence-corrected chi connectivity index (χ0v) is 14.7. The summed E-state index contributed by atoms with van der Waals surface area (Å²) in [6.07, 6.45) is 1.72. The van der Waals surface area contributed by atoms with E-state index < -0.39 is 0 Å². The van der Waals surface area contributed by atoms with Crippen LogP contribution in [0.2, 0.25) is 0 Å². The highest BCUT2D eigenvalue weighted by atomic mass is 32.2. The van der Waals surface area contributed by atoms with Crippen LogP contribution in [0.3, 0.4) is 0 Å². The monoisotopic (exact) mass is 347 g/mol. The SMILES string of the molecule is O=C(CC1CSCCN1)NCCCC(=O)N1Cc2ccccc2C1.